The van der Waals surface area contributed by atoms with Crippen LogP contribution in [0.4, 0.5) is 4.39 Å². The molecule has 0 aliphatic carbocycles. The maximum atomic E-state index is 13.5. The number of methoxy groups -OCH3 is 1. The molecule has 0 bridgehead atoms. The van der Waals surface area contributed by atoms with Gasteiger partial charge in [0.2, 0.25) is 0 Å². The van der Waals surface area contributed by atoms with Gasteiger partial charge in [0, 0.05) is 12.6 Å². The zero-order valence-corrected chi connectivity index (χ0v) is 9.64. The van der Waals surface area contributed by atoms with Gasteiger partial charge in [0.1, 0.15) is 0 Å². The van der Waals surface area contributed by atoms with Crippen molar-refractivity contribution in [2.75, 3.05) is 7.11 Å². The van der Waals surface area contributed by atoms with E-state index in [2.05, 4.69) is 10.1 Å². The van der Waals surface area contributed by atoms with Crippen LogP contribution in [0.2, 0.25) is 0 Å². The Morgan fingerprint density at radius 2 is 2.24 bits per heavy atom. The van der Waals surface area contributed by atoms with E-state index < -0.39 is 5.82 Å². The summed E-state index contributed by atoms with van der Waals surface area (Å²) in [5, 5.41) is 4.10. The summed E-state index contributed by atoms with van der Waals surface area (Å²) >= 11 is 0. The van der Waals surface area contributed by atoms with Crippen LogP contribution < -0.4 is 10.5 Å². The number of rotatable bonds is 3. The summed E-state index contributed by atoms with van der Waals surface area (Å²) in [6.45, 7) is 0.256. The summed E-state index contributed by atoms with van der Waals surface area (Å²) in [7, 11) is 3.16. The SMILES string of the molecule is COc1ccc(-c2nc(CN)nn2C)cc1F. The molecule has 1 heterocycles. The first kappa shape index (κ1) is 11.5. The minimum Gasteiger partial charge on any atom is -0.494 e. The summed E-state index contributed by atoms with van der Waals surface area (Å²) in [5.74, 6) is 0.878. The van der Waals surface area contributed by atoms with E-state index in [-0.39, 0.29) is 12.3 Å². The van der Waals surface area contributed by atoms with Gasteiger partial charge in [-0.15, -0.1) is 0 Å². The third-order valence-corrected chi connectivity index (χ3v) is 2.40. The van der Waals surface area contributed by atoms with E-state index in [1.54, 1.807) is 23.9 Å². The van der Waals surface area contributed by atoms with Gasteiger partial charge in [-0.1, -0.05) is 0 Å². The molecule has 1 aromatic carbocycles. The summed E-state index contributed by atoms with van der Waals surface area (Å²) in [6.07, 6.45) is 0. The molecular formula is C11H13FN4O. The number of aromatic nitrogens is 3. The molecule has 2 aromatic rings. The van der Waals surface area contributed by atoms with Crippen LogP contribution in [0.5, 0.6) is 5.75 Å². The Morgan fingerprint density at radius 3 is 2.76 bits per heavy atom. The second-order valence-corrected chi connectivity index (χ2v) is 3.53. The maximum Gasteiger partial charge on any atom is 0.165 e. The molecule has 0 atom stereocenters. The van der Waals surface area contributed by atoms with Crippen molar-refractivity contribution in [2.24, 2.45) is 12.8 Å². The zero-order valence-electron chi connectivity index (χ0n) is 9.64. The highest BCUT2D eigenvalue weighted by atomic mass is 19.1. The van der Waals surface area contributed by atoms with Gasteiger partial charge in [0.05, 0.1) is 13.7 Å². The van der Waals surface area contributed by atoms with Gasteiger partial charge in [0.25, 0.3) is 0 Å². The normalized spacial score (nSPS) is 10.6. The van der Waals surface area contributed by atoms with Crippen molar-refractivity contribution in [3.63, 3.8) is 0 Å². The molecule has 0 unspecified atom stereocenters. The Hall–Kier alpha value is -1.95. The van der Waals surface area contributed by atoms with Crippen LogP contribution in [0.15, 0.2) is 18.2 Å². The average Bonchev–Trinajstić information content (AvgIpc) is 2.70. The number of nitrogens with zero attached hydrogens (tertiary/aromatic N) is 3. The number of halogens is 1. The Balaban J connectivity index is 2.45. The molecule has 0 aliphatic rings. The smallest absolute Gasteiger partial charge is 0.165 e. The Kier molecular flexibility index (Phi) is 3.06. The molecule has 0 amide bonds. The Morgan fingerprint density at radius 1 is 1.47 bits per heavy atom. The number of aryl methyl sites for hydroxylation is 1. The van der Waals surface area contributed by atoms with Gasteiger partial charge in [0.15, 0.2) is 23.2 Å². The molecule has 6 heteroatoms. The topological polar surface area (TPSA) is 66.0 Å². The zero-order chi connectivity index (χ0) is 12.4. The second-order valence-electron chi connectivity index (χ2n) is 3.53. The molecule has 0 fully saturated rings. The quantitative estimate of drug-likeness (QED) is 0.866. The predicted molar refractivity (Wildman–Crippen MR) is 60.8 cm³/mol. The first-order chi connectivity index (χ1) is 8.15. The van der Waals surface area contributed by atoms with Gasteiger partial charge in [-0.25, -0.2) is 14.1 Å². The van der Waals surface area contributed by atoms with Crippen molar-refractivity contribution >= 4 is 0 Å². The van der Waals surface area contributed by atoms with E-state index in [9.17, 15) is 4.39 Å². The minimum absolute atomic E-state index is 0.204. The van der Waals surface area contributed by atoms with Crippen molar-refractivity contribution < 1.29 is 9.13 Å². The lowest BCUT2D eigenvalue weighted by atomic mass is 10.2. The Bertz CT molecular complexity index is 538. The molecule has 2 rings (SSSR count). The van der Waals surface area contributed by atoms with Crippen molar-refractivity contribution in [3.05, 3.63) is 29.8 Å². The average molecular weight is 236 g/mol. The summed E-state index contributed by atoms with van der Waals surface area (Å²) in [4.78, 5) is 4.21. The summed E-state index contributed by atoms with van der Waals surface area (Å²) in [5.41, 5.74) is 6.09. The van der Waals surface area contributed by atoms with E-state index in [0.29, 0.717) is 17.2 Å². The predicted octanol–water partition coefficient (Wildman–Crippen LogP) is 1.09. The van der Waals surface area contributed by atoms with Gasteiger partial charge in [-0.05, 0) is 18.2 Å². The largest absolute Gasteiger partial charge is 0.494 e. The number of benzene rings is 1. The van der Waals surface area contributed by atoms with Crippen LogP contribution in [-0.4, -0.2) is 21.9 Å². The second kappa shape index (κ2) is 4.50. The van der Waals surface area contributed by atoms with Crippen molar-refractivity contribution in [3.8, 4) is 17.1 Å². The van der Waals surface area contributed by atoms with E-state index in [4.69, 9.17) is 10.5 Å². The number of hydrogen-bond donors (Lipinski definition) is 1. The molecule has 0 aliphatic heterocycles. The van der Waals surface area contributed by atoms with Crippen molar-refractivity contribution in [1.82, 2.24) is 14.8 Å². The minimum atomic E-state index is -0.428. The third-order valence-electron chi connectivity index (χ3n) is 2.40. The molecule has 0 saturated carbocycles. The monoisotopic (exact) mass is 236 g/mol. The first-order valence-corrected chi connectivity index (χ1v) is 5.09. The molecule has 2 N–H and O–H groups in total. The van der Waals surface area contributed by atoms with Gasteiger partial charge >= 0.3 is 0 Å². The van der Waals surface area contributed by atoms with E-state index >= 15 is 0 Å². The lowest BCUT2D eigenvalue weighted by molar-refractivity contribution is 0.386. The number of ether oxygens (including phenoxy) is 1. The fourth-order valence-corrected chi connectivity index (χ4v) is 1.58. The Labute approximate surface area is 98.0 Å². The fourth-order valence-electron chi connectivity index (χ4n) is 1.58. The van der Waals surface area contributed by atoms with E-state index in [1.165, 1.54) is 13.2 Å². The van der Waals surface area contributed by atoms with E-state index in [1.807, 2.05) is 0 Å². The molecule has 17 heavy (non-hydrogen) atoms. The summed E-state index contributed by atoms with van der Waals surface area (Å²) < 4.78 is 20.0. The molecule has 0 radical (unpaired) electrons. The van der Waals surface area contributed by atoms with Crippen LogP contribution in [0, 0.1) is 5.82 Å². The van der Waals surface area contributed by atoms with E-state index in [0.717, 1.165) is 0 Å². The molecule has 1 aromatic heterocycles. The van der Waals surface area contributed by atoms with Crippen molar-refractivity contribution in [1.29, 1.82) is 0 Å². The molecular weight excluding hydrogens is 223 g/mol. The molecule has 90 valence electrons. The highest BCUT2D eigenvalue weighted by Gasteiger charge is 2.11. The lowest BCUT2D eigenvalue weighted by Gasteiger charge is -2.04. The molecule has 0 saturated heterocycles. The highest BCUT2D eigenvalue weighted by molar-refractivity contribution is 5.56. The van der Waals surface area contributed by atoms with Crippen LogP contribution in [0.3, 0.4) is 0 Å². The highest BCUT2D eigenvalue weighted by Crippen LogP contribution is 2.23. The van der Waals surface area contributed by atoms with Gasteiger partial charge in [-0.2, -0.15) is 5.10 Å². The van der Waals surface area contributed by atoms with Gasteiger partial charge in [-0.3, -0.25) is 0 Å². The fraction of sp³-hybridized carbons (Fsp3) is 0.273. The molecule has 5 nitrogen and oxygen atoms in total. The van der Waals surface area contributed by atoms with Crippen LogP contribution >= 0.6 is 0 Å². The van der Waals surface area contributed by atoms with Crippen LogP contribution in [0.25, 0.3) is 11.4 Å². The molecule has 0 spiro atoms. The van der Waals surface area contributed by atoms with Crippen LogP contribution in [-0.2, 0) is 13.6 Å². The van der Waals surface area contributed by atoms with Gasteiger partial charge < -0.3 is 10.5 Å². The number of hydrogen-bond acceptors (Lipinski definition) is 4. The maximum absolute atomic E-state index is 13.5. The van der Waals surface area contributed by atoms with Crippen LogP contribution in [0.1, 0.15) is 5.82 Å². The first-order valence-electron chi connectivity index (χ1n) is 5.09. The third kappa shape index (κ3) is 2.12. The summed E-state index contributed by atoms with van der Waals surface area (Å²) in [6, 6.07) is 4.65. The lowest BCUT2D eigenvalue weighted by Crippen LogP contribution is -1.99. The number of nitrogens with two attached hydrogens (primary N) is 1. The standard InChI is InChI=1S/C11H13FN4O/c1-16-11(14-10(6-13)15-16)7-3-4-9(17-2)8(12)5-7/h3-5H,6,13H2,1-2H3. The van der Waals surface area contributed by atoms with Crippen molar-refractivity contribution in [2.45, 2.75) is 6.54 Å².